The van der Waals surface area contributed by atoms with Gasteiger partial charge in [-0.25, -0.2) is 4.98 Å². The normalized spacial score (nSPS) is 24.4. The lowest BCUT2D eigenvalue weighted by molar-refractivity contribution is 0.00120. The zero-order valence-corrected chi connectivity index (χ0v) is 11.7. The summed E-state index contributed by atoms with van der Waals surface area (Å²) in [4.78, 5) is 22.4. The third-order valence-electron chi connectivity index (χ3n) is 3.46. The number of aromatic nitrogens is 2. The van der Waals surface area contributed by atoms with Crippen molar-refractivity contribution in [2.24, 2.45) is 10.9 Å². The molecular formula is C13H20N4O3. The van der Waals surface area contributed by atoms with Crippen LogP contribution in [0.5, 0.6) is 0 Å². The quantitative estimate of drug-likeness (QED) is 0.696. The van der Waals surface area contributed by atoms with Crippen molar-refractivity contribution in [3.05, 3.63) is 16.0 Å². The molecular weight excluding hydrogens is 260 g/mol. The number of hydrogen-bond donors (Lipinski definition) is 3. The Kier molecular flexibility index (Phi) is 4.51. The van der Waals surface area contributed by atoms with Gasteiger partial charge in [0.1, 0.15) is 5.69 Å². The maximum atomic E-state index is 11.7. The van der Waals surface area contributed by atoms with Crippen molar-refractivity contribution >= 4 is 17.9 Å². The van der Waals surface area contributed by atoms with E-state index >= 15 is 0 Å². The lowest BCUT2D eigenvalue weighted by Gasteiger charge is -2.15. The van der Waals surface area contributed by atoms with Crippen LogP contribution in [0.2, 0.25) is 0 Å². The molecule has 2 heterocycles. The molecule has 1 aliphatic heterocycles. The van der Waals surface area contributed by atoms with E-state index in [1.807, 2.05) is 6.92 Å². The van der Waals surface area contributed by atoms with E-state index in [9.17, 15) is 4.79 Å². The number of rotatable bonds is 4. The van der Waals surface area contributed by atoms with Gasteiger partial charge >= 0.3 is 0 Å². The summed E-state index contributed by atoms with van der Waals surface area (Å²) >= 11 is 0. The molecule has 0 amide bonds. The molecule has 3 atom stereocenters. The molecule has 1 fully saturated rings. The second kappa shape index (κ2) is 6.15. The summed E-state index contributed by atoms with van der Waals surface area (Å²) in [6.45, 7) is 3.71. The van der Waals surface area contributed by atoms with Gasteiger partial charge in [0.15, 0.2) is 0 Å². The summed E-state index contributed by atoms with van der Waals surface area (Å²) in [7, 11) is 0. The van der Waals surface area contributed by atoms with Crippen molar-refractivity contribution in [3.8, 4) is 0 Å². The molecule has 20 heavy (non-hydrogen) atoms. The fourth-order valence-electron chi connectivity index (χ4n) is 2.30. The highest BCUT2D eigenvalue weighted by Gasteiger charge is 2.28. The molecule has 0 unspecified atom stereocenters. The van der Waals surface area contributed by atoms with Crippen LogP contribution in [0.25, 0.3) is 0 Å². The van der Waals surface area contributed by atoms with Gasteiger partial charge < -0.3 is 15.6 Å². The summed E-state index contributed by atoms with van der Waals surface area (Å²) in [6.07, 6.45) is 3.37. The maximum absolute atomic E-state index is 11.7. The molecule has 7 heteroatoms. The number of nitrogens with one attached hydrogen (secondary N) is 1. The lowest BCUT2D eigenvalue weighted by Crippen LogP contribution is -2.21. The minimum absolute atomic E-state index is 0.0250. The Morgan fingerprint density at radius 1 is 1.65 bits per heavy atom. The Hall–Kier alpha value is -1.73. The number of aliphatic hydroxyl groups excluding tert-OH is 1. The maximum Gasteiger partial charge on any atom is 0.278 e. The number of anilines is 1. The lowest BCUT2D eigenvalue weighted by atomic mass is 10.0. The average molecular weight is 280 g/mol. The second-order valence-electron chi connectivity index (χ2n) is 5.08. The van der Waals surface area contributed by atoms with Gasteiger partial charge in [-0.1, -0.05) is 6.92 Å². The van der Waals surface area contributed by atoms with Gasteiger partial charge in [0.05, 0.1) is 24.5 Å². The van der Waals surface area contributed by atoms with E-state index in [0.29, 0.717) is 5.69 Å². The molecule has 1 saturated heterocycles. The zero-order chi connectivity index (χ0) is 14.7. The van der Waals surface area contributed by atoms with Crippen LogP contribution < -0.4 is 11.3 Å². The first kappa shape index (κ1) is 14.7. The van der Waals surface area contributed by atoms with Crippen LogP contribution in [-0.4, -0.2) is 40.1 Å². The molecule has 1 aromatic heterocycles. The molecule has 4 N–H and O–H groups in total. The molecule has 110 valence electrons. The number of nitrogen functional groups attached to an aromatic ring is 1. The van der Waals surface area contributed by atoms with Crippen molar-refractivity contribution in [1.29, 1.82) is 0 Å². The number of nitrogens with zero attached hydrogens (tertiary/aromatic N) is 2. The van der Waals surface area contributed by atoms with Crippen molar-refractivity contribution in [1.82, 2.24) is 9.97 Å². The molecule has 0 radical (unpaired) electrons. The number of aliphatic hydroxyl groups is 1. The van der Waals surface area contributed by atoms with Crippen LogP contribution in [0.1, 0.15) is 25.5 Å². The minimum atomic E-state index is -0.348. The first-order valence-electron chi connectivity index (χ1n) is 6.68. The van der Waals surface area contributed by atoms with E-state index in [1.165, 1.54) is 0 Å². The Balaban J connectivity index is 2.08. The highest BCUT2D eigenvalue weighted by atomic mass is 16.5. The van der Waals surface area contributed by atoms with Gasteiger partial charge in [-0.2, -0.15) is 0 Å². The molecule has 0 aliphatic carbocycles. The largest absolute Gasteiger partial charge is 0.394 e. The summed E-state index contributed by atoms with van der Waals surface area (Å²) in [5, 5.41) is 9.05. The van der Waals surface area contributed by atoms with Crippen LogP contribution in [0.4, 0.5) is 11.6 Å². The fraction of sp³-hybridized carbons (Fsp3) is 0.615. The molecule has 0 saturated carbocycles. The molecule has 0 spiro atoms. The standard InChI is InChI=1S/C13H20N4O3/c1-7(10-4-3-9(6-18)20-10)5-15-11-8(2)16-13(14)17-12(11)19/h5,7,9-10,18H,3-4,6H2,1-2H3,(H3,14,16,17,19)/t7-,9+,10-/m1/s1. The molecule has 2 rings (SSSR count). The van der Waals surface area contributed by atoms with Crippen molar-refractivity contribution in [2.45, 2.75) is 38.9 Å². The highest BCUT2D eigenvalue weighted by molar-refractivity contribution is 5.66. The summed E-state index contributed by atoms with van der Waals surface area (Å²) < 4.78 is 5.68. The van der Waals surface area contributed by atoms with Crippen LogP contribution in [0.3, 0.4) is 0 Å². The van der Waals surface area contributed by atoms with Crippen LogP contribution in [0, 0.1) is 12.8 Å². The number of aromatic amines is 1. The average Bonchev–Trinajstić information content (AvgIpc) is 2.86. The molecule has 7 nitrogen and oxygen atoms in total. The van der Waals surface area contributed by atoms with Crippen molar-refractivity contribution in [3.63, 3.8) is 0 Å². The Labute approximate surface area is 116 Å². The number of hydrogen-bond acceptors (Lipinski definition) is 6. The number of ether oxygens (including phenoxy) is 1. The number of aryl methyl sites for hydroxylation is 1. The molecule has 1 aromatic rings. The fourth-order valence-corrected chi connectivity index (χ4v) is 2.30. The zero-order valence-electron chi connectivity index (χ0n) is 11.7. The highest BCUT2D eigenvalue weighted by Crippen LogP contribution is 2.24. The van der Waals surface area contributed by atoms with E-state index in [0.717, 1.165) is 12.8 Å². The summed E-state index contributed by atoms with van der Waals surface area (Å²) in [5.41, 5.74) is 5.87. The monoisotopic (exact) mass is 280 g/mol. The van der Waals surface area contributed by atoms with Crippen molar-refractivity contribution < 1.29 is 9.84 Å². The van der Waals surface area contributed by atoms with Crippen LogP contribution in [-0.2, 0) is 4.74 Å². The topological polar surface area (TPSA) is 114 Å². The first-order valence-corrected chi connectivity index (χ1v) is 6.68. The molecule has 1 aliphatic rings. The number of H-pyrrole nitrogens is 1. The van der Waals surface area contributed by atoms with Gasteiger partial charge in [0, 0.05) is 12.1 Å². The summed E-state index contributed by atoms with van der Waals surface area (Å²) in [6, 6.07) is 0. The third-order valence-corrected chi connectivity index (χ3v) is 3.46. The van der Waals surface area contributed by atoms with Crippen LogP contribution >= 0.6 is 0 Å². The SMILES string of the molecule is Cc1nc(N)[nH]c(=O)c1N=C[C@@H](C)[C@H]1CC[C@@H](CO)O1. The van der Waals surface area contributed by atoms with Gasteiger partial charge in [0.25, 0.3) is 5.56 Å². The Morgan fingerprint density at radius 2 is 2.40 bits per heavy atom. The number of aliphatic imine (C=N–C) groups is 1. The minimum Gasteiger partial charge on any atom is -0.394 e. The van der Waals surface area contributed by atoms with E-state index in [2.05, 4.69) is 15.0 Å². The second-order valence-corrected chi connectivity index (χ2v) is 5.08. The van der Waals surface area contributed by atoms with E-state index in [4.69, 9.17) is 15.6 Å². The van der Waals surface area contributed by atoms with Crippen LogP contribution in [0.15, 0.2) is 9.79 Å². The smallest absolute Gasteiger partial charge is 0.278 e. The Morgan fingerprint density at radius 3 is 3.00 bits per heavy atom. The van der Waals surface area contributed by atoms with Gasteiger partial charge in [-0.3, -0.25) is 14.8 Å². The predicted molar refractivity (Wildman–Crippen MR) is 76.3 cm³/mol. The summed E-state index contributed by atoms with van der Waals surface area (Å²) in [5.74, 6) is 0.146. The van der Waals surface area contributed by atoms with Crippen molar-refractivity contribution in [2.75, 3.05) is 12.3 Å². The molecule has 0 aromatic carbocycles. The molecule has 0 bridgehead atoms. The van der Waals surface area contributed by atoms with E-state index < -0.39 is 0 Å². The van der Waals surface area contributed by atoms with E-state index in [1.54, 1.807) is 13.1 Å². The third kappa shape index (κ3) is 3.23. The Bertz CT molecular complexity index is 555. The van der Waals surface area contributed by atoms with Gasteiger partial charge in [0.2, 0.25) is 5.95 Å². The van der Waals surface area contributed by atoms with Gasteiger partial charge in [-0.05, 0) is 19.8 Å². The number of nitrogens with two attached hydrogens (primary N) is 1. The van der Waals surface area contributed by atoms with E-state index in [-0.39, 0.29) is 41.9 Å². The predicted octanol–water partition coefficient (Wildman–Crippen LogP) is 0.539. The van der Waals surface area contributed by atoms with Gasteiger partial charge in [-0.15, -0.1) is 0 Å². The first-order chi connectivity index (χ1) is 9.51.